The van der Waals surface area contributed by atoms with Crippen LogP contribution in [-0.2, 0) is 0 Å². The molecule has 5 rings (SSSR count). The molecule has 2 nitrogen and oxygen atoms in total. The highest BCUT2D eigenvalue weighted by molar-refractivity contribution is 5.34. The molecule has 0 aromatic heterocycles. The SMILES string of the molecule is C[C@H](CCC1NC1(C)CO)[C@H]1CC[C@H]2C3=C(CC[C@]12C)[C@@]1(C)CCCCC1CC3. The molecule has 2 heteroatoms. The van der Waals surface area contributed by atoms with Crippen LogP contribution in [0.5, 0.6) is 0 Å². The van der Waals surface area contributed by atoms with Gasteiger partial charge in [0.2, 0.25) is 0 Å². The van der Waals surface area contributed by atoms with Crippen molar-refractivity contribution in [2.45, 2.75) is 116 Å². The zero-order chi connectivity index (χ0) is 20.4. The van der Waals surface area contributed by atoms with Crippen molar-refractivity contribution in [1.82, 2.24) is 5.32 Å². The topological polar surface area (TPSA) is 42.2 Å². The fraction of sp³-hybridized carbons (Fsp3) is 0.926. The zero-order valence-electron chi connectivity index (χ0n) is 19.5. The molecular weight excluding hydrogens is 354 g/mol. The van der Waals surface area contributed by atoms with Gasteiger partial charge in [-0.25, -0.2) is 0 Å². The monoisotopic (exact) mass is 399 g/mol. The Labute approximate surface area is 179 Å². The predicted octanol–water partition coefficient (Wildman–Crippen LogP) is 6.24. The van der Waals surface area contributed by atoms with Gasteiger partial charge >= 0.3 is 0 Å². The summed E-state index contributed by atoms with van der Waals surface area (Å²) in [5, 5.41) is 13.1. The van der Waals surface area contributed by atoms with Gasteiger partial charge in [0.05, 0.1) is 12.1 Å². The number of aliphatic hydroxyl groups excluding tert-OH is 1. The highest BCUT2D eigenvalue weighted by Gasteiger charge is 2.55. The standard InChI is InChI=1S/C27H45NO/c1-18(8-13-24-27(4,17-29)28-24)21-11-12-22-20-10-9-19-7-5-6-15-25(19,2)23(20)14-16-26(21,22)3/h18-19,21-22,24,28-29H,5-17H2,1-4H3/t18-,19?,21-,22+,24?,25+,26-,27?/m1/s1. The molecule has 29 heavy (non-hydrogen) atoms. The molecule has 0 spiro atoms. The lowest BCUT2D eigenvalue weighted by Gasteiger charge is -2.54. The number of hydrogen-bond donors (Lipinski definition) is 2. The van der Waals surface area contributed by atoms with Crippen LogP contribution in [0.3, 0.4) is 0 Å². The second kappa shape index (κ2) is 7.09. The minimum Gasteiger partial charge on any atom is -0.394 e. The first-order valence-corrected chi connectivity index (χ1v) is 12.9. The Kier molecular flexibility index (Phi) is 5.03. The molecule has 4 aliphatic carbocycles. The third-order valence-corrected chi connectivity index (χ3v) is 11.1. The molecule has 0 amide bonds. The number of aliphatic hydroxyl groups is 1. The van der Waals surface area contributed by atoms with Crippen LogP contribution in [-0.4, -0.2) is 23.3 Å². The molecule has 1 heterocycles. The Morgan fingerprint density at radius 1 is 1.03 bits per heavy atom. The maximum absolute atomic E-state index is 9.55. The highest BCUT2D eigenvalue weighted by Crippen LogP contribution is 2.66. The van der Waals surface area contributed by atoms with Gasteiger partial charge in [0.15, 0.2) is 0 Å². The van der Waals surface area contributed by atoms with Gasteiger partial charge in [0, 0.05) is 6.04 Å². The van der Waals surface area contributed by atoms with Gasteiger partial charge in [-0.1, -0.05) is 44.8 Å². The number of hydrogen-bond acceptors (Lipinski definition) is 2. The number of nitrogens with one attached hydrogen (secondary N) is 1. The Morgan fingerprint density at radius 3 is 2.62 bits per heavy atom. The van der Waals surface area contributed by atoms with Crippen LogP contribution in [0.2, 0.25) is 0 Å². The van der Waals surface area contributed by atoms with Crippen molar-refractivity contribution in [1.29, 1.82) is 0 Å². The minimum atomic E-state index is 0.0143. The molecule has 2 saturated carbocycles. The van der Waals surface area contributed by atoms with E-state index in [0.717, 1.165) is 23.7 Å². The van der Waals surface area contributed by atoms with Crippen molar-refractivity contribution >= 4 is 0 Å². The average Bonchev–Trinajstić information content (AvgIpc) is 3.23. The van der Waals surface area contributed by atoms with E-state index in [1.807, 2.05) is 11.1 Å². The highest BCUT2D eigenvalue weighted by atomic mass is 16.3. The lowest BCUT2D eigenvalue weighted by Crippen LogP contribution is -2.43. The van der Waals surface area contributed by atoms with Crippen molar-refractivity contribution < 1.29 is 5.11 Å². The van der Waals surface area contributed by atoms with Gasteiger partial charge in [-0.15, -0.1) is 0 Å². The summed E-state index contributed by atoms with van der Waals surface area (Å²) < 4.78 is 0. The van der Waals surface area contributed by atoms with E-state index in [0.29, 0.717) is 16.9 Å². The molecule has 0 bridgehead atoms. The lowest BCUT2D eigenvalue weighted by molar-refractivity contribution is 0.0661. The van der Waals surface area contributed by atoms with Crippen LogP contribution in [0.15, 0.2) is 11.1 Å². The minimum absolute atomic E-state index is 0.0143. The molecule has 3 fully saturated rings. The summed E-state index contributed by atoms with van der Waals surface area (Å²) in [7, 11) is 0. The first-order valence-electron chi connectivity index (χ1n) is 12.9. The molecular formula is C27H45NO. The summed E-state index contributed by atoms with van der Waals surface area (Å²) in [5.41, 5.74) is 5.05. The van der Waals surface area contributed by atoms with Gasteiger partial charge in [-0.05, 0) is 106 Å². The van der Waals surface area contributed by atoms with Crippen molar-refractivity contribution in [3.8, 4) is 0 Å². The predicted molar refractivity (Wildman–Crippen MR) is 121 cm³/mol. The van der Waals surface area contributed by atoms with Crippen LogP contribution in [0, 0.1) is 34.5 Å². The largest absolute Gasteiger partial charge is 0.394 e. The molecule has 1 aliphatic heterocycles. The van der Waals surface area contributed by atoms with E-state index < -0.39 is 0 Å². The summed E-state index contributed by atoms with van der Waals surface area (Å²) in [6, 6.07) is 0.544. The smallest absolute Gasteiger partial charge is 0.0626 e. The van der Waals surface area contributed by atoms with E-state index >= 15 is 0 Å². The van der Waals surface area contributed by atoms with E-state index in [2.05, 4.69) is 33.0 Å². The first-order chi connectivity index (χ1) is 13.8. The third-order valence-electron chi connectivity index (χ3n) is 11.1. The maximum Gasteiger partial charge on any atom is 0.0626 e. The zero-order valence-corrected chi connectivity index (χ0v) is 19.5. The number of fused-ring (bicyclic) bond motifs is 4. The van der Waals surface area contributed by atoms with Gasteiger partial charge in [-0.2, -0.15) is 0 Å². The molecule has 164 valence electrons. The Morgan fingerprint density at radius 2 is 1.86 bits per heavy atom. The Balaban J connectivity index is 1.31. The normalized spacial score (nSPS) is 50.0. The molecule has 8 atom stereocenters. The molecule has 0 radical (unpaired) electrons. The molecule has 5 aliphatic rings. The van der Waals surface area contributed by atoms with Crippen LogP contribution in [0.4, 0.5) is 0 Å². The van der Waals surface area contributed by atoms with Crippen molar-refractivity contribution in [2.24, 2.45) is 34.5 Å². The van der Waals surface area contributed by atoms with Crippen molar-refractivity contribution in [3.63, 3.8) is 0 Å². The summed E-state index contributed by atoms with van der Waals surface area (Å²) >= 11 is 0. The molecule has 3 unspecified atom stereocenters. The fourth-order valence-corrected chi connectivity index (χ4v) is 9.00. The van der Waals surface area contributed by atoms with Gasteiger partial charge in [-0.3, -0.25) is 0 Å². The fourth-order valence-electron chi connectivity index (χ4n) is 9.00. The van der Waals surface area contributed by atoms with Gasteiger partial charge in [0.1, 0.15) is 0 Å². The van der Waals surface area contributed by atoms with E-state index in [1.165, 1.54) is 77.0 Å². The third kappa shape index (κ3) is 3.10. The van der Waals surface area contributed by atoms with Crippen LogP contribution in [0.1, 0.15) is 105 Å². The van der Waals surface area contributed by atoms with Crippen LogP contribution in [0.25, 0.3) is 0 Å². The Hall–Kier alpha value is -0.340. The molecule has 0 aromatic carbocycles. The number of allylic oxidation sites excluding steroid dienone is 2. The lowest BCUT2D eigenvalue weighted by atomic mass is 9.50. The van der Waals surface area contributed by atoms with Crippen molar-refractivity contribution in [2.75, 3.05) is 6.61 Å². The maximum atomic E-state index is 9.55. The van der Waals surface area contributed by atoms with E-state index in [1.54, 1.807) is 0 Å². The average molecular weight is 400 g/mol. The molecule has 2 N–H and O–H groups in total. The Bertz CT molecular complexity index is 684. The second-order valence-electron chi connectivity index (χ2n) is 12.5. The first kappa shape index (κ1) is 20.6. The van der Waals surface area contributed by atoms with Crippen molar-refractivity contribution in [3.05, 3.63) is 11.1 Å². The molecule has 0 aromatic rings. The number of rotatable bonds is 5. The van der Waals surface area contributed by atoms with Gasteiger partial charge in [0.25, 0.3) is 0 Å². The van der Waals surface area contributed by atoms with E-state index in [-0.39, 0.29) is 12.1 Å². The van der Waals surface area contributed by atoms with Crippen LogP contribution < -0.4 is 5.32 Å². The summed E-state index contributed by atoms with van der Waals surface area (Å²) in [6.45, 7) is 10.3. The van der Waals surface area contributed by atoms with Crippen LogP contribution >= 0.6 is 0 Å². The summed E-state index contributed by atoms with van der Waals surface area (Å²) in [4.78, 5) is 0. The molecule has 1 saturated heterocycles. The summed E-state index contributed by atoms with van der Waals surface area (Å²) in [5.74, 6) is 3.60. The van der Waals surface area contributed by atoms with E-state index in [9.17, 15) is 5.11 Å². The quantitative estimate of drug-likeness (QED) is 0.424. The van der Waals surface area contributed by atoms with E-state index in [4.69, 9.17) is 0 Å². The summed E-state index contributed by atoms with van der Waals surface area (Å²) in [6.07, 6.45) is 17.2. The van der Waals surface area contributed by atoms with Gasteiger partial charge < -0.3 is 10.4 Å². The second-order valence-corrected chi connectivity index (χ2v) is 12.5.